The Morgan fingerprint density at radius 2 is 2.03 bits per heavy atom. The number of nitrogens with one attached hydrogen (secondary N) is 2. The zero-order chi connectivity index (χ0) is 23.1. The lowest BCUT2D eigenvalue weighted by Crippen LogP contribution is -2.55. The van der Waals surface area contributed by atoms with Crippen LogP contribution in [0.5, 0.6) is 0 Å². The van der Waals surface area contributed by atoms with Crippen LogP contribution < -0.4 is 10.6 Å². The van der Waals surface area contributed by atoms with Crippen LogP contribution >= 0.6 is 35.0 Å². The van der Waals surface area contributed by atoms with E-state index in [2.05, 4.69) is 24.5 Å². The maximum absolute atomic E-state index is 12.9. The van der Waals surface area contributed by atoms with Crippen LogP contribution in [0.3, 0.4) is 0 Å². The fourth-order valence-electron chi connectivity index (χ4n) is 4.54. The maximum Gasteiger partial charge on any atom is 0.238 e. The molecule has 2 heterocycles. The molecule has 1 aromatic carbocycles. The van der Waals surface area contributed by atoms with Crippen LogP contribution in [0.2, 0.25) is 10.0 Å². The zero-order valence-electron chi connectivity index (χ0n) is 19.1. The Kier molecular flexibility index (Phi) is 9.59. The van der Waals surface area contributed by atoms with Crippen molar-refractivity contribution in [1.29, 1.82) is 0 Å². The number of benzene rings is 1. The molecule has 2 saturated heterocycles. The maximum atomic E-state index is 12.9. The summed E-state index contributed by atoms with van der Waals surface area (Å²) in [4.78, 5) is 27.6. The van der Waals surface area contributed by atoms with Crippen LogP contribution in [0, 0.1) is 5.92 Å². The molecule has 0 aromatic heterocycles. The number of halogens is 2. The van der Waals surface area contributed by atoms with Crippen molar-refractivity contribution in [3.05, 3.63) is 33.8 Å². The molecular formula is C24H35Cl2N3O2S. The molecule has 5 nitrogen and oxygen atoms in total. The van der Waals surface area contributed by atoms with Gasteiger partial charge >= 0.3 is 0 Å². The highest BCUT2D eigenvalue weighted by Crippen LogP contribution is 2.39. The van der Waals surface area contributed by atoms with E-state index < -0.39 is 0 Å². The number of likely N-dealkylation sites (tertiary alicyclic amines) is 1. The predicted molar refractivity (Wildman–Crippen MR) is 134 cm³/mol. The van der Waals surface area contributed by atoms with E-state index in [4.69, 9.17) is 23.2 Å². The first kappa shape index (κ1) is 25.7. The summed E-state index contributed by atoms with van der Waals surface area (Å²) in [5.41, 5.74) is 0.975. The molecule has 0 aliphatic carbocycles. The average Bonchev–Trinajstić information content (AvgIpc) is 3.19. The van der Waals surface area contributed by atoms with E-state index >= 15 is 0 Å². The number of carbonyl (C=O) groups is 2. The summed E-state index contributed by atoms with van der Waals surface area (Å²) in [5.74, 6) is 1.26. The molecule has 0 radical (unpaired) electrons. The van der Waals surface area contributed by atoms with Gasteiger partial charge in [-0.3, -0.25) is 14.9 Å². The highest BCUT2D eigenvalue weighted by atomic mass is 35.5. The summed E-state index contributed by atoms with van der Waals surface area (Å²) in [6.07, 6.45) is 6.58. The van der Waals surface area contributed by atoms with Gasteiger partial charge in [0.1, 0.15) is 0 Å². The molecule has 1 spiro atoms. The van der Waals surface area contributed by atoms with Gasteiger partial charge in [-0.1, -0.05) is 56.0 Å². The fraction of sp³-hybridized carbons (Fsp3) is 0.667. The molecule has 3 rings (SSSR count). The SMILES string of the molecule is CCCCC(CC)C(=O)N1CCC2(CC1)NC(C(=O)NCCc1ccc(Cl)cc1Cl)CS2. The highest BCUT2D eigenvalue weighted by molar-refractivity contribution is 8.01. The van der Waals surface area contributed by atoms with Crippen LogP contribution in [-0.4, -0.2) is 53.0 Å². The Hall–Kier alpha value is -0.950. The number of unbranched alkanes of at least 4 members (excludes halogenated alkanes) is 1. The molecule has 0 bridgehead atoms. The number of rotatable bonds is 9. The molecule has 1 aromatic rings. The predicted octanol–water partition coefficient (Wildman–Crippen LogP) is 4.89. The fourth-order valence-corrected chi connectivity index (χ4v) is 6.46. The molecule has 2 fully saturated rings. The molecule has 2 unspecified atom stereocenters. The van der Waals surface area contributed by atoms with E-state index in [1.165, 1.54) is 0 Å². The molecule has 2 aliphatic heterocycles. The highest BCUT2D eigenvalue weighted by Gasteiger charge is 2.44. The van der Waals surface area contributed by atoms with Crippen LogP contribution in [-0.2, 0) is 16.0 Å². The minimum absolute atomic E-state index is 0.0311. The van der Waals surface area contributed by atoms with Crippen molar-refractivity contribution in [3.8, 4) is 0 Å². The van der Waals surface area contributed by atoms with Gasteiger partial charge < -0.3 is 10.2 Å². The molecule has 2 amide bonds. The lowest BCUT2D eigenvalue weighted by molar-refractivity contribution is -0.137. The van der Waals surface area contributed by atoms with Gasteiger partial charge in [0.15, 0.2) is 0 Å². The summed E-state index contributed by atoms with van der Waals surface area (Å²) in [7, 11) is 0. The molecule has 2 atom stereocenters. The van der Waals surface area contributed by atoms with Crippen LogP contribution in [0.25, 0.3) is 0 Å². The Morgan fingerprint density at radius 1 is 1.28 bits per heavy atom. The van der Waals surface area contributed by atoms with Gasteiger partial charge in [-0.15, -0.1) is 11.8 Å². The Labute approximate surface area is 206 Å². The second kappa shape index (κ2) is 12.0. The Balaban J connectivity index is 1.43. The number of piperidine rings is 1. The Bertz CT molecular complexity index is 799. The van der Waals surface area contributed by atoms with Crippen molar-refractivity contribution in [3.63, 3.8) is 0 Å². The number of thioether (sulfide) groups is 1. The van der Waals surface area contributed by atoms with Gasteiger partial charge in [0.2, 0.25) is 11.8 Å². The third kappa shape index (κ3) is 6.55. The van der Waals surface area contributed by atoms with Crippen LogP contribution in [0.15, 0.2) is 18.2 Å². The van der Waals surface area contributed by atoms with Gasteiger partial charge in [-0.25, -0.2) is 0 Å². The second-order valence-corrected chi connectivity index (χ2v) is 11.1. The summed E-state index contributed by atoms with van der Waals surface area (Å²) in [5, 5.41) is 7.85. The van der Waals surface area contributed by atoms with Crippen LogP contribution in [0.1, 0.15) is 57.9 Å². The van der Waals surface area contributed by atoms with Crippen molar-refractivity contribution in [2.24, 2.45) is 5.92 Å². The first-order valence-corrected chi connectivity index (χ1v) is 13.5. The van der Waals surface area contributed by atoms with E-state index in [1.54, 1.807) is 6.07 Å². The third-order valence-electron chi connectivity index (χ3n) is 6.62. The van der Waals surface area contributed by atoms with Crippen molar-refractivity contribution >= 4 is 46.8 Å². The first-order valence-electron chi connectivity index (χ1n) is 11.8. The molecule has 178 valence electrons. The van der Waals surface area contributed by atoms with Crippen LogP contribution in [0.4, 0.5) is 0 Å². The lowest BCUT2D eigenvalue weighted by atomic mass is 9.95. The summed E-state index contributed by atoms with van der Waals surface area (Å²) in [6.45, 7) is 6.36. The van der Waals surface area contributed by atoms with Gasteiger partial charge in [0, 0.05) is 41.4 Å². The monoisotopic (exact) mass is 499 g/mol. The molecule has 8 heteroatoms. The van der Waals surface area contributed by atoms with Gasteiger partial charge in [0.25, 0.3) is 0 Å². The van der Waals surface area contributed by atoms with E-state index in [1.807, 2.05) is 28.8 Å². The van der Waals surface area contributed by atoms with Crippen molar-refractivity contribution in [2.45, 2.75) is 69.7 Å². The number of carbonyl (C=O) groups excluding carboxylic acids is 2. The Morgan fingerprint density at radius 3 is 2.69 bits per heavy atom. The molecule has 2 aliphatic rings. The van der Waals surface area contributed by atoms with Crippen molar-refractivity contribution in [1.82, 2.24) is 15.5 Å². The van der Waals surface area contributed by atoms with Gasteiger partial charge in [-0.05, 0) is 49.8 Å². The lowest BCUT2D eigenvalue weighted by Gasteiger charge is -2.40. The second-order valence-electron chi connectivity index (χ2n) is 8.85. The van der Waals surface area contributed by atoms with E-state index in [-0.39, 0.29) is 22.7 Å². The third-order valence-corrected chi connectivity index (χ3v) is 8.79. The van der Waals surface area contributed by atoms with Gasteiger partial charge in [0.05, 0.1) is 10.9 Å². The average molecular weight is 501 g/mol. The first-order chi connectivity index (χ1) is 15.4. The number of nitrogens with zero attached hydrogens (tertiary/aromatic N) is 1. The summed E-state index contributed by atoms with van der Waals surface area (Å²) < 4.78 is 0. The van der Waals surface area contributed by atoms with E-state index in [0.717, 1.165) is 62.9 Å². The summed E-state index contributed by atoms with van der Waals surface area (Å²) in [6, 6.07) is 5.24. The van der Waals surface area contributed by atoms with E-state index in [0.29, 0.717) is 28.9 Å². The molecule has 0 saturated carbocycles. The minimum atomic E-state index is -0.198. The smallest absolute Gasteiger partial charge is 0.238 e. The van der Waals surface area contributed by atoms with Crippen molar-refractivity contribution in [2.75, 3.05) is 25.4 Å². The normalized spacial score (nSPS) is 21.0. The zero-order valence-corrected chi connectivity index (χ0v) is 21.4. The van der Waals surface area contributed by atoms with E-state index in [9.17, 15) is 9.59 Å². The molecule has 32 heavy (non-hydrogen) atoms. The number of hydrogen-bond acceptors (Lipinski definition) is 4. The van der Waals surface area contributed by atoms with Gasteiger partial charge in [-0.2, -0.15) is 0 Å². The number of hydrogen-bond donors (Lipinski definition) is 2. The number of amides is 2. The molecular weight excluding hydrogens is 465 g/mol. The largest absolute Gasteiger partial charge is 0.354 e. The minimum Gasteiger partial charge on any atom is -0.354 e. The molecule has 2 N–H and O–H groups in total. The quantitative estimate of drug-likeness (QED) is 0.507. The standard InChI is InChI=1S/C24H35Cl2N3O2S/c1-3-5-6-17(4-2)23(31)29-13-10-24(11-14-29)28-21(16-32-24)22(30)27-12-9-18-7-8-19(25)15-20(18)26/h7-8,15,17,21,28H,3-6,9-14,16H2,1-2H3,(H,27,30). The topological polar surface area (TPSA) is 61.4 Å². The van der Waals surface area contributed by atoms with Crippen molar-refractivity contribution < 1.29 is 9.59 Å². The summed E-state index contributed by atoms with van der Waals surface area (Å²) >= 11 is 14.0.